The van der Waals surface area contributed by atoms with Crippen LogP contribution < -0.4 is 0 Å². The van der Waals surface area contributed by atoms with Gasteiger partial charge in [-0.2, -0.15) is 0 Å². The third-order valence-corrected chi connectivity index (χ3v) is 3.63. The number of hydrogen-bond acceptors (Lipinski definition) is 3. The normalized spacial score (nSPS) is 19.6. The standard InChI is InChI=1S/C13H16O2S/c14-13(9-12-7-4-8-16-12)15-10-11-5-2-1-3-6-11/h1-2,4,7-8,11H,3,5-6,9-10H2. The zero-order chi connectivity index (χ0) is 11.2. The van der Waals surface area contributed by atoms with Crippen LogP contribution in [0.5, 0.6) is 0 Å². The number of ether oxygens (including phenoxy) is 1. The van der Waals surface area contributed by atoms with Crippen molar-refractivity contribution in [2.75, 3.05) is 6.61 Å². The van der Waals surface area contributed by atoms with Gasteiger partial charge in [-0.3, -0.25) is 4.79 Å². The summed E-state index contributed by atoms with van der Waals surface area (Å²) in [5.41, 5.74) is 0. The lowest BCUT2D eigenvalue weighted by Crippen LogP contribution is -2.16. The molecule has 1 aromatic heterocycles. The van der Waals surface area contributed by atoms with Crippen molar-refractivity contribution in [1.29, 1.82) is 0 Å². The van der Waals surface area contributed by atoms with E-state index in [2.05, 4.69) is 12.2 Å². The van der Waals surface area contributed by atoms with E-state index in [1.165, 1.54) is 0 Å². The van der Waals surface area contributed by atoms with Gasteiger partial charge in [-0.25, -0.2) is 0 Å². The minimum atomic E-state index is -0.1000. The van der Waals surface area contributed by atoms with Crippen molar-refractivity contribution in [3.63, 3.8) is 0 Å². The van der Waals surface area contributed by atoms with Crippen molar-refractivity contribution in [3.05, 3.63) is 34.5 Å². The predicted molar refractivity (Wildman–Crippen MR) is 65.5 cm³/mol. The molecule has 0 N–H and O–H groups in total. The van der Waals surface area contributed by atoms with Gasteiger partial charge >= 0.3 is 5.97 Å². The largest absolute Gasteiger partial charge is 0.465 e. The Balaban J connectivity index is 1.69. The lowest BCUT2D eigenvalue weighted by atomic mass is 9.95. The van der Waals surface area contributed by atoms with Crippen molar-refractivity contribution >= 4 is 17.3 Å². The monoisotopic (exact) mass is 236 g/mol. The van der Waals surface area contributed by atoms with E-state index in [-0.39, 0.29) is 5.97 Å². The van der Waals surface area contributed by atoms with Gasteiger partial charge in [0.2, 0.25) is 0 Å². The Bertz CT molecular complexity index is 354. The van der Waals surface area contributed by atoms with Crippen LogP contribution in [-0.2, 0) is 16.0 Å². The average Bonchev–Trinajstić information content (AvgIpc) is 2.81. The number of hydrogen-bond donors (Lipinski definition) is 0. The summed E-state index contributed by atoms with van der Waals surface area (Å²) >= 11 is 1.60. The second-order valence-electron chi connectivity index (χ2n) is 4.09. The summed E-state index contributed by atoms with van der Waals surface area (Å²) in [5, 5.41) is 1.98. The van der Waals surface area contributed by atoms with E-state index in [1.54, 1.807) is 11.3 Å². The van der Waals surface area contributed by atoms with E-state index in [0.29, 0.717) is 18.9 Å². The molecule has 1 heterocycles. The maximum atomic E-state index is 11.5. The van der Waals surface area contributed by atoms with Gasteiger partial charge < -0.3 is 4.74 Å². The van der Waals surface area contributed by atoms with Gasteiger partial charge in [0, 0.05) is 4.88 Å². The van der Waals surface area contributed by atoms with Crippen molar-refractivity contribution in [2.24, 2.45) is 5.92 Å². The Kier molecular flexibility index (Phi) is 4.17. The smallest absolute Gasteiger partial charge is 0.311 e. The topological polar surface area (TPSA) is 26.3 Å². The van der Waals surface area contributed by atoms with Crippen LogP contribution in [0, 0.1) is 5.92 Å². The lowest BCUT2D eigenvalue weighted by molar-refractivity contribution is -0.144. The zero-order valence-electron chi connectivity index (χ0n) is 9.22. The molecule has 0 spiro atoms. The first kappa shape index (κ1) is 11.4. The molecule has 2 nitrogen and oxygen atoms in total. The molecule has 0 radical (unpaired) electrons. The van der Waals surface area contributed by atoms with Gasteiger partial charge in [0.1, 0.15) is 0 Å². The van der Waals surface area contributed by atoms with E-state index in [0.717, 1.165) is 24.1 Å². The number of carbonyl (C=O) groups is 1. The van der Waals surface area contributed by atoms with Gasteiger partial charge in [-0.05, 0) is 36.6 Å². The van der Waals surface area contributed by atoms with Crippen LogP contribution in [0.3, 0.4) is 0 Å². The summed E-state index contributed by atoms with van der Waals surface area (Å²) in [5.74, 6) is 0.425. The summed E-state index contributed by atoms with van der Waals surface area (Å²) in [6, 6.07) is 3.93. The molecular formula is C13H16O2S. The maximum absolute atomic E-state index is 11.5. The third kappa shape index (κ3) is 3.49. The highest BCUT2D eigenvalue weighted by Crippen LogP contribution is 2.18. The van der Waals surface area contributed by atoms with Crippen LogP contribution >= 0.6 is 11.3 Å². The van der Waals surface area contributed by atoms with Crippen LogP contribution in [0.25, 0.3) is 0 Å². The number of rotatable bonds is 4. The molecule has 0 saturated heterocycles. The first-order valence-corrected chi connectivity index (χ1v) is 6.55. The molecule has 1 aliphatic rings. The van der Waals surface area contributed by atoms with Crippen LogP contribution in [-0.4, -0.2) is 12.6 Å². The Morgan fingerprint density at radius 3 is 3.12 bits per heavy atom. The second kappa shape index (κ2) is 5.85. The Labute approximate surface area is 99.9 Å². The molecule has 0 saturated carbocycles. The number of esters is 1. The summed E-state index contributed by atoms with van der Waals surface area (Å²) in [7, 11) is 0. The maximum Gasteiger partial charge on any atom is 0.311 e. The average molecular weight is 236 g/mol. The van der Waals surface area contributed by atoms with E-state index >= 15 is 0 Å². The molecular weight excluding hydrogens is 220 g/mol. The second-order valence-corrected chi connectivity index (χ2v) is 5.12. The molecule has 16 heavy (non-hydrogen) atoms. The fourth-order valence-corrected chi connectivity index (χ4v) is 2.52. The molecule has 3 heteroatoms. The minimum Gasteiger partial charge on any atom is -0.465 e. The first-order chi connectivity index (χ1) is 7.84. The molecule has 86 valence electrons. The molecule has 1 aliphatic carbocycles. The van der Waals surface area contributed by atoms with Crippen molar-refractivity contribution < 1.29 is 9.53 Å². The molecule has 0 aromatic carbocycles. The van der Waals surface area contributed by atoms with E-state index in [9.17, 15) is 4.79 Å². The van der Waals surface area contributed by atoms with E-state index in [4.69, 9.17) is 4.74 Å². The Morgan fingerprint density at radius 2 is 2.44 bits per heavy atom. The van der Waals surface area contributed by atoms with Crippen LogP contribution in [0.2, 0.25) is 0 Å². The Hall–Kier alpha value is -1.09. The molecule has 0 fully saturated rings. The van der Waals surface area contributed by atoms with Gasteiger partial charge in [0.15, 0.2) is 0 Å². The molecule has 0 aliphatic heterocycles. The first-order valence-electron chi connectivity index (χ1n) is 5.67. The van der Waals surface area contributed by atoms with Gasteiger partial charge in [0.25, 0.3) is 0 Å². The highest BCUT2D eigenvalue weighted by Gasteiger charge is 2.13. The molecule has 0 bridgehead atoms. The fraction of sp³-hybridized carbons (Fsp3) is 0.462. The molecule has 2 rings (SSSR count). The molecule has 0 amide bonds. The summed E-state index contributed by atoms with van der Waals surface area (Å²) in [4.78, 5) is 12.6. The Morgan fingerprint density at radius 1 is 1.50 bits per heavy atom. The molecule has 1 unspecified atom stereocenters. The summed E-state index contributed by atoms with van der Waals surface area (Å²) in [6.45, 7) is 0.578. The zero-order valence-corrected chi connectivity index (χ0v) is 10.0. The van der Waals surface area contributed by atoms with Crippen LogP contribution in [0.4, 0.5) is 0 Å². The molecule has 1 aromatic rings. The summed E-state index contributed by atoms with van der Waals surface area (Å²) < 4.78 is 5.29. The lowest BCUT2D eigenvalue weighted by Gasteiger charge is -2.17. The summed E-state index contributed by atoms with van der Waals surface area (Å²) in [6.07, 6.45) is 8.10. The highest BCUT2D eigenvalue weighted by atomic mass is 32.1. The third-order valence-electron chi connectivity index (χ3n) is 2.76. The van der Waals surface area contributed by atoms with Crippen molar-refractivity contribution in [2.45, 2.75) is 25.7 Å². The van der Waals surface area contributed by atoms with Gasteiger partial charge in [-0.15, -0.1) is 11.3 Å². The van der Waals surface area contributed by atoms with E-state index < -0.39 is 0 Å². The van der Waals surface area contributed by atoms with Crippen LogP contribution in [0.1, 0.15) is 24.1 Å². The van der Waals surface area contributed by atoms with Crippen molar-refractivity contribution in [3.8, 4) is 0 Å². The van der Waals surface area contributed by atoms with Gasteiger partial charge in [-0.1, -0.05) is 18.2 Å². The molecule has 1 atom stereocenters. The van der Waals surface area contributed by atoms with E-state index in [1.807, 2.05) is 17.5 Å². The number of allylic oxidation sites excluding steroid dienone is 2. The van der Waals surface area contributed by atoms with Gasteiger partial charge in [0.05, 0.1) is 13.0 Å². The fourth-order valence-electron chi connectivity index (χ4n) is 1.82. The number of thiophene rings is 1. The van der Waals surface area contributed by atoms with Crippen molar-refractivity contribution in [1.82, 2.24) is 0 Å². The minimum absolute atomic E-state index is 0.1000. The predicted octanol–water partition coefficient (Wildman–Crippen LogP) is 3.19. The van der Waals surface area contributed by atoms with Crippen LogP contribution in [0.15, 0.2) is 29.7 Å². The SMILES string of the molecule is O=C(Cc1cccs1)OCC1CC=CCC1. The highest BCUT2D eigenvalue weighted by molar-refractivity contribution is 7.10. The quantitative estimate of drug-likeness (QED) is 0.593. The number of carbonyl (C=O) groups excluding carboxylic acids is 1.